The lowest BCUT2D eigenvalue weighted by molar-refractivity contribution is 1.55. The van der Waals surface area contributed by atoms with Gasteiger partial charge in [0.05, 0.1) is 0 Å². The van der Waals surface area contributed by atoms with E-state index in [1.54, 1.807) is 0 Å². The fourth-order valence-electron chi connectivity index (χ4n) is 5.02. The van der Waals surface area contributed by atoms with E-state index in [0.29, 0.717) is 10.0 Å². The lowest BCUT2D eigenvalue weighted by Crippen LogP contribution is -1.90. The van der Waals surface area contributed by atoms with Crippen LogP contribution in [0.15, 0.2) is 146 Å². The molecule has 0 saturated heterocycles. The summed E-state index contributed by atoms with van der Waals surface area (Å²) in [6.07, 6.45) is 0. The Balaban J connectivity index is 1.51. The molecule has 0 aromatic heterocycles. The van der Waals surface area contributed by atoms with E-state index in [-0.39, 0.29) is 0 Å². The molecule has 0 N–H and O–H groups in total. The molecule has 0 fully saturated rings. The Bertz CT molecular complexity index is 1590. The second-order valence-corrected chi connectivity index (χ2v) is 10.2. The van der Waals surface area contributed by atoms with Gasteiger partial charge in [-0.1, -0.05) is 132 Å². The van der Waals surface area contributed by atoms with Crippen LogP contribution in [0, 0.1) is 0 Å². The van der Waals surface area contributed by atoms with Gasteiger partial charge in [-0.25, -0.2) is 0 Å². The highest BCUT2D eigenvalue weighted by Gasteiger charge is 2.15. The third kappa shape index (κ3) is 5.02. The van der Waals surface area contributed by atoms with Crippen LogP contribution in [0.3, 0.4) is 0 Å². The Hall–Kier alpha value is -4.10. The lowest BCUT2D eigenvalue weighted by atomic mass is 9.88. The smallest absolute Gasteiger partial charge is 0.0418 e. The van der Waals surface area contributed by atoms with Crippen molar-refractivity contribution in [1.29, 1.82) is 0 Å². The molecule has 0 nitrogen and oxygen atoms in total. The summed E-state index contributed by atoms with van der Waals surface area (Å²) in [5, 5.41) is 1.43. The first kappa shape index (κ1) is 24.2. The van der Waals surface area contributed by atoms with Crippen LogP contribution >= 0.6 is 23.2 Å². The minimum Gasteiger partial charge on any atom is -0.0843 e. The second-order valence-electron chi connectivity index (χ2n) is 9.28. The number of rotatable bonds is 5. The highest BCUT2D eigenvalue weighted by molar-refractivity contribution is 6.31. The summed E-state index contributed by atoms with van der Waals surface area (Å²) in [6.45, 7) is 0. The summed E-state index contributed by atoms with van der Waals surface area (Å²) in [6, 6.07) is 50.3. The van der Waals surface area contributed by atoms with Gasteiger partial charge in [0.1, 0.15) is 0 Å². The van der Waals surface area contributed by atoms with E-state index in [4.69, 9.17) is 23.2 Å². The predicted octanol–water partition coefficient (Wildman–Crippen LogP) is 11.3. The van der Waals surface area contributed by atoms with Crippen molar-refractivity contribution < 1.29 is 0 Å². The summed E-state index contributed by atoms with van der Waals surface area (Å²) in [7, 11) is 0. The summed E-state index contributed by atoms with van der Waals surface area (Å²) in [5.41, 5.74) is 11.2. The van der Waals surface area contributed by atoms with Gasteiger partial charge in [0.2, 0.25) is 0 Å². The molecule has 0 atom stereocenters. The van der Waals surface area contributed by atoms with Crippen LogP contribution in [-0.4, -0.2) is 0 Å². The molecule has 0 aliphatic rings. The van der Waals surface area contributed by atoms with E-state index < -0.39 is 0 Å². The number of benzene rings is 6. The average molecular weight is 527 g/mol. The quantitative estimate of drug-likeness (QED) is 0.209. The van der Waals surface area contributed by atoms with Crippen molar-refractivity contribution in [2.45, 2.75) is 0 Å². The lowest BCUT2D eigenvalue weighted by Gasteiger charge is -2.16. The van der Waals surface area contributed by atoms with E-state index in [1.165, 1.54) is 0 Å². The molecule has 6 aromatic rings. The van der Waals surface area contributed by atoms with Crippen molar-refractivity contribution in [1.82, 2.24) is 0 Å². The Morgan fingerprint density at radius 1 is 0.263 bits per heavy atom. The Kier molecular flexibility index (Phi) is 6.84. The van der Waals surface area contributed by atoms with E-state index in [9.17, 15) is 0 Å². The maximum absolute atomic E-state index is 6.65. The van der Waals surface area contributed by atoms with Gasteiger partial charge < -0.3 is 0 Å². The fraction of sp³-hybridized carbons (Fsp3) is 0. The molecule has 0 bridgehead atoms. The molecule has 182 valence electrons. The van der Waals surface area contributed by atoms with Crippen molar-refractivity contribution in [2.24, 2.45) is 0 Å². The van der Waals surface area contributed by atoms with Gasteiger partial charge in [-0.2, -0.15) is 0 Å². The van der Waals surface area contributed by atoms with Gasteiger partial charge in [-0.05, 0) is 92.0 Å². The second kappa shape index (κ2) is 10.7. The first-order valence-corrected chi connectivity index (χ1v) is 13.3. The SMILES string of the molecule is Clc1cc(-c2ccccc2)cc(-c2ccccc2-c2ccccc2-c2cc(Cl)cc(-c3ccccc3)c2)c1. The molecule has 0 spiro atoms. The molecule has 2 heteroatoms. The normalized spacial score (nSPS) is 10.9. The molecule has 0 heterocycles. The van der Waals surface area contributed by atoms with E-state index in [2.05, 4.69) is 109 Å². The van der Waals surface area contributed by atoms with Crippen LogP contribution in [0.1, 0.15) is 0 Å². The molecule has 0 unspecified atom stereocenters. The van der Waals surface area contributed by atoms with Crippen LogP contribution in [0.25, 0.3) is 55.6 Å². The third-order valence-corrected chi connectivity index (χ3v) is 7.21. The number of hydrogen-bond acceptors (Lipinski definition) is 0. The molecule has 38 heavy (non-hydrogen) atoms. The zero-order valence-corrected chi connectivity index (χ0v) is 22.1. The predicted molar refractivity (Wildman–Crippen MR) is 164 cm³/mol. The maximum atomic E-state index is 6.65. The highest BCUT2D eigenvalue weighted by Crippen LogP contribution is 2.41. The van der Waals surface area contributed by atoms with Crippen LogP contribution < -0.4 is 0 Å². The van der Waals surface area contributed by atoms with Gasteiger partial charge in [-0.15, -0.1) is 0 Å². The molecule has 0 radical (unpaired) electrons. The van der Waals surface area contributed by atoms with E-state index in [1.807, 2.05) is 36.4 Å². The summed E-state index contributed by atoms with van der Waals surface area (Å²) >= 11 is 13.3. The average Bonchev–Trinajstić information content (AvgIpc) is 2.97. The Morgan fingerprint density at radius 3 is 0.974 bits per heavy atom. The van der Waals surface area contributed by atoms with Gasteiger partial charge >= 0.3 is 0 Å². The van der Waals surface area contributed by atoms with Crippen LogP contribution in [0.4, 0.5) is 0 Å². The van der Waals surface area contributed by atoms with Gasteiger partial charge in [0.25, 0.3) is 0 Å². The Morgan fingerprint density at radius 2 is 0.579 bits per heavy atom. The number of halogens is 2. The van der Waals surface area contributed by atoms with E-state index in [0.717, 1.165) is 55.6 Å². The Labute approximate surface area is 233 Å². The van der Waals surface area contributed by atoms with Gasteiger partial charge in [0.15, 0.2) is 0 Å². The fourth-order valence-corrected chi connectivity index (χ4v) is 5.49. The largest absolute Gasteiger partial charge is 0.0843 e. The third-order valence-electron chi connectivity index (χ3n) is 6.78. The number of hydrogen-bond donors (Lipinski definition) is 0. The maximum Gasteiger partial charge on any atom is 0.0418 e. The van der Waals surface area contributed by atoms with Crippen molar-refractivity contribution in [2.75, 3.05) is 0 Å². The minimum absolute atomic E-state index is 0.715. The van der Waals surface area contributed by atoms with Crippen LogP contribution in [-0.2, 0) is 0 Å². The summed E-state index contributed by atoms with van der Waals surface area (Å²) in [5.74, 6) is 0. The molecule has 6 aromatic carbocycles. The molecule has 0 aliphatic heterocycles. The zero-order chi connectivity index (χ0) is 25.9. The van der Waals surface area contributed by atoms with Crippen molar-refractivity contribution >= 4 is 23.2 Å². The van der Waals surface area contributed by atoms with Crippen LogP contribution in [0.5, 0.6) is 0 Å². The molecule has 0 aliphatic carbocycles. The van der Waals surface area contributed by atoms with Gasteiger partial charge in [0, 0.05) is 10.0 Å². The summed E-state index contributed by atoms with van der Waals surface area (Å²) < 4.78 is 0. The zero-order valence-electron chi connectivity index (χ0n) is 20.6. The summed E-state index contributed by atoms with van der Waals surface area (Å²) in [4.78, 5) is 0. The molecule has 0 saturated carbocycles. The molecular formula is C36H24Cl2. The standard InChI is InChI=1S/C36H24Cl2/c37-31-21-27(25-11-3-1-4-12-25)19-29(23-31)33-15-7-9-17-35(33)36-18-10-8-16-34(36)30-20-28(22-32(38)24-30)26-13-5-2-6-14-26/h1-24H. The van der Waals surface area contributed by atoms with Crippen LogP contribution in [0.2, 0.25) is 10.0 Å². The highest BCUT2D eigenvalue weighted by atomic mass is 35.5. The topological polar surface area (TPSA) is 0 Å². The molecule has 0 amide bonds. The first-order chi connectivity index (χ1) is 18.7. The van der Waals surface area contributed by atoms with Gasteiger partial charge in [-0.3, -0.25) is 0 Å². The van der Waals surface area contributed by atoms with Crippen molar-refractivity contribution in [3.05, 3.63) is 156 Å². The monoisotopic (exact) mass is 526 g/mol. The molecular weight excluding hydrogens is 503 g/mol. The van der Waals surface area contributed by atoms with Crippen molar-refractivity contribution in [3.63, 3.8) is 0 Å². The first-order valence-electron chi connectivity index (χ1n) is 12.6. The van der Waals surface area contributed by atoms with Crippen molar-refractivity contribution in [3.8, 4) is 55.6 Å². The minimum atomic E-state index is 0.715. The molecule has 6 rings (SSSR count). The van der Waals surface area contributed by atoms with E-state index >= 15 is 0 Å².